The van der Waals surface area contributed by atoms with Crippen LogP contribution >= 0.6 is 0 Å². The molecule has 0 spiro atoms. The molecule has 4 heteroatoms. The predicted octanol–water partition coefficient (Wildman–Crippen LogP) is 2.76. The molecule has 1 heterocycles. The van der Waals surface area contributed by atoms with E-state index in [1.165, 1.54) is 0 Å². The van der Waals surface area contributed by atoms with Crippen LogP contribution in [0.1, 0.15) is 13.8 Å². The van der Waals surface area contributed by atoms with Gasteiger partial charge < -0.3 is 10.5 Å². The van der Waals surface area contributed by atoms with E-state index < -0.39 is 0 Å². The zero-order valence-corrected chi connectivity index (χ0v) is 10.6. The third-order valence-electron chi connectivity index (χ3n) is 2.37. The number of nitrogen functional groups attached to an aromatic ring is 1. The van der Waals surface area contributed by atoms with E-state index in [-0.39, 0.29) is 0 Å². The van der Waals surface area contributed by atoms with Crippen molar-refractivity contribution in [1.29, 1.82) is 0 Å². The Labute approximate surface area is 107 Å². The molecule has 4 nitrogen and oxygen atoms in total. The van der Waals surface area contributed by atoms with Crippen molar-refractivity contribution in [2.24, 2.45) is 5.92 Å². The first kappa shape index (κ1) is 12.4. The molecular formula is C14H17N3O. The van der Waals surface area contributed by atoms with Gasteiger partial charge in [-0.1, -0.05) is 13.8 Å². The fourth-order valence-corrected chi connectivity index (χ4v) is 1.47. The molecule has 0 aliphatic rings. The van der Waals surface area contributed by atoms with E-state index in [4.69, 9.17) is 10.5 Å². The van der Waals surface area contributed by atoms with Crippen molar-refractivity contribution < 1.29 is 4.74 Å². The number of rotatable bonds is 4. The minimum absolute atomic E-state index is 0.472. The molecule has 0 radical (unpaired) electrons. The summed E-state index contributed by atoms with van der Waals surface area (Å²) in [4.78, 5) is 8.35. The van der Waals surface area contributed by atoms with Gasteiger partial charge in [-0.3, -0.25) is 0 Å². The Kier molecular flexibility index (Phi) is 3.77. The highest BCUT2D eigenvalue weighted by Gasteiger charge is 2.02. The summed E-state index contributed by atoms with van der Waals surface area (Å²) < 4.78 is 5.62. The van der Waals surface area contributed by atoms with Gasteiger partial charge >= 0.3 is 0 Å². The van der Waals surface area contributed by atoms with Gasteiger partial charge in [-0.2, -0.15) is 0 Å². The Bertz CT molecular complexity index is 509. The second-order valence-corrected chi connectivity index (χ2v) is 4.53. The maximum atomic E-state index is 5.63. The normalized spacial score (nSPS) is 10.6. The average Bonchev–Trinajstić information content (AvgIpc) is 2.37. The van der Waals surface area contributed by atoms with Gasteiger partial charge in [-0.15, -0.1) is 0 Å². The van der Waals surface area contributed by atoms with Gasteiger partial charge in [0, 0.05) is 11.8 Å². The van der Waals surface area contributed by atoms with Crippen LogP contribution in [0.3, 0.4) is 0 Å². The lowest BCUT2D eigenvalue weighted by Crippen LogP contribution is -2.04. The molecule has 1 aromatic carbocycles. The molecule has 18 heavy (non-hydrogen) atoms. The molecule has 0 amide bonds. The van der Waals surface area contributed by atoms with Crippen LogP contribution in [0.5, 0.6) is 5.75 Å². The molecular weight excluding hydrogens is 226 g/mol. The Morgan fingerprint density at radius 1 is 1.17 bits per heavy atom. The lowest BCUT2D eigenvalue weighted by Gasteiger charge is -2.09. The summed E-state index contributed by atoms with van der Waals surface area (Å²) in [7, 11) is 0. The van der Waals surface area contributed by atoms with Crippen molar-refractivity contribution in [2.75, 3.05) is 12.3 Å². The van der Waals surface area contributed by atoms with Crippen LogP contribution in [0.4, 0.5) is 5.82 Å². The van der Waals surface area contributed by atoms with Crippen LogP contribution in [-0.2, 0) is 0 Å². The van der Waals surface area contributed by atoms with E-state index in [0.29, 0.717) is 24.2 Å². The van der Waals surface area contributed by atoms with E-state index in [1.807, 2.05) is 24.3 Å². The molecule has 2 N–H and O–H groups in total. The number of hydrogen-bond donors (Lipinski definition) is 1. The molecule has 0 saturated carbocycles. The number of hydrogen-bond acceptors (Lipinski definition) is 4. The quantitative estimate of drug-likeness (QED) is 0.897. The minimum Gasteiger partial charge on any atom is -0.493 e. The lowest BCUT2D eigenvalue weighted by molar-refractivity contribution is 0.271. The second kappa shape index (κ2) is 5.49. The number of anilines is 1. The largest absolute Gasteiger partial charge is 0.493 e. The molecule has 0 saturated heterocycles. The first-order valence-electron chi connectivity index (χ1n) is 5.97. The first-order chi connectivity index (χ1) is 8.65. The number of nitrogens with zero attached hydrogens (tertiary/aromatic N) is 2. The summed E-state index contributed by atoms with van der Waals surface area (Å²) >= 11 is 0. The smallest absolute Gasteiger partial charge is 0.161 e. The van der Waals surface area contributed by atoms with Crippen LogP contribution < -0.4 is 10.5 Å². The maximum Gasteiger partial charge on any atom is 0.161 e. The van der Waals surface area contributed by atoms with E-state index in [2.05, 4.69) is 23.8 Å². The van der Waals surface area contributed by atoms with Gasteiger partial charge in [-0.05, 0) is 36.2 Å². The molecule has 0 aliphatic carbocycles. The average molecular weight is 243 g/mol. The van der Waals surface area contributed by atoms with E-state index in [0.717, 1.165) is 11.3 Å². The predicted molar refractivity (Wildman–Crippen MR) is 72.2 cm³/mol. The van der Waals surface area contributed by atoms with E-state index in [9.17, 15) is 0 Å². The Balaban J connectivity index is 2.12. The summed E-state index contributed by atoms with van der Waals surface area (Å²) in [5.74, 6) is 2.48. The molecule has 2 aromatic rings. The number of ether oxygens (including phenoxy) is 1. The topological polar surface area (TPSA) is 61.0 Å². The van der Waals surface area contributed by atoms with Crippen molar-refractivity contribution in [2.45, 2.75) is 13.8 Å². The minimum atomic E-state index is 0.472. The Morgan fingerprint density at radius 3 is 2.50 bits per heavy atom. The van der Waals surface area contributed by atoms with Gasteiger partial charge in [0.05, 0.1) is 6.61 Å². The summed E-state index contributed by atoms with van der Waals surface area (Å²) in [5.41, 5.74) is 6.56. The number of nitrogens with two attached hydrogens (primary N) is 1. The second-order valence-electron chi connectivity index (χ2n) is 4.53. The third kappa shape index (κ3) is 3.20. The summed E-state index contributed by atoms with van der Waals surface area (Å²) in [6.45, 7) is 4.96. The van der Waals surface area contributed by atoms with Crippen LogP contribution in [0.25, 0.3) is 11.4 Å². The van der Waals surface area contributed by atoms with Crippen LogP contribution in [0.15, 0.2) is 36.5 Å². The standard InChI is InChI=1S/C14H17N3O/c1-10(2)9-18-12-5-3-11(4-6-12)14-16-8-7-13(15)17-14/h3-8,10H,9H2,1-2H3,(H2,15,16,17). The van der Waals surface area contributed by atoms with Crippen molar-refractivity contribution in [3.63, 3.8) is 0 Å². The first-order valence-corrected chi connectivity index (χ1v) is 5.97. The number of aromatic nitrogens is 2. The highest BCUT2D eigenvalue weighted by atomic mass is 16.5. The zero-order valence-electron chi connectivity index (χ0n) is 10.6. The lowest BCUT2D eigenvalue weighted by atomic mass is 10.2. The van der Waals surface area contributed by atoms with Gasteiger partial charge in [0.25, 0.3) is 0 Å². The van der Waals surface area contributed by atoms with E-state index in [1.54, 1.807) is 12.3 Å². The Hall–Kier alpha value is -2.10. The van der Waals surface area contributed by atoms with Crippen molar-refractivity contribution in [1.82, 2.24) is 9.97 Å². The molecule has 94 valence electrons. The highest BCUT2D eigenvalue weighted by molar-refractivity contribution is 5.57. The van der Waals surface area contributed by atoms with Crippen LogP contribution in [-0.4, -0.2) is 16.6 Å². The molecule has 0 fully saturated rings. The number of benzene rings is 1. The molecule has 1 aromatic heterocycles. The molecule has 0 unspecified atom stereocenters. The summed E-state index contributed by atoms with van der Waals surface area (Å²) in [6, 6.07) is 9.38. The molecule has 0 aliphatic heterocycles. The monoisotopic (exact) mass is 243 g/mol. The molecule has 0 bridgehead atoms. The fourth-order valence-electron chi connectivity index (χ4n) is 1.47. The van der Waals surface area contributed by atoms with Crippen molar-refractivity contribution in [3.05, 3.63) is 36.5 Å². The molecule has 2 rings (SSSR count). The van der Waals surface area contributed by atoms with Gasteiger partial charge in [0.1, 0.15) is 11.6 Å². The van der Waals surface area contributed by atoms with Gasteiger partial charge in [-0.25, -0.2) is 9.97 Å². The van der Waals surface area contributed by atoms with Gasteiger partial charge in [0.2, 0.25) is 0 Å². The zero-order chi connectivity index (χ0) is 13.0. The third-order valence-corrected chi connectivity index (χ3v) is 2.37. The highest BCUT2D eigenvalue weighted by Crippen LogP contribution is 2.20. The van der Waals surface area contributed by atoms with Gasteiger partial charge in [0.15, 0.2) is 5.82 Å². The van der Waals surface area contributed by atoms with E-state index >= 15 is 0 Å². The van der Waals surface area contributed by atoms with Crippen molar-refractivity contribution >= 4 is 5.82 Å². The van der Waals surface area contributed by atoms with Crippen LogP contribution in [0.2, 0.25) is 0 Å². The van der Waals surface area contributed by atoms with Crippen LogP contribution in [0, 0.1) is 5.92 Å². The maximum absolute atomic E-state index is 5.63. The fraction of sp³-hybridized carbons (Fsp3) is 0.286. The summed E-state index contributed by atoms with van der Waals surface area (Å²) in [6.07, 6.45) is 1.65. The Morgan fingerprint density at radius 2 is 1.89 bits per heavy atom. The SMILES string of the molecule is CC(C)COc1ccc(-c2nccc(N)n2)cc1. The summed E-state index contributed by atoms with van der Waals surface area (Å²) in [5, 5.41) is 0. The molecule has 0 atom stereocenters. The van der Waals surface area contributed by atoms with Crippen molar-refractivity contribution in [3.8, 4) is 17.1 Å².